The highest BCUT2D eigenvalue weighted by Gasteiger charge is 2.33. The summed E-state index contributed by atoms with van der Waals surface area (Å²) >= 11 is 3.42. The molecule has 2 aromatic carbocycles. The van der Waals surface area contributed by atoms with Crippen molar-refractivity contribution >= 4 is 27.7 Å². The van der Waals surface area contributed by atoms with E-state index in [1.54, 1.807) is 24.3 Å². The average molecular weight is 417 g/mol. The Kier molecular flexibility index (Phi) is 5.86. The molecule has 0 aromatic heterocycles. The van der Waals surface area contributed by atoms with Gasteiger partial charge in [-0.25, -0.2) is 0 Å². The summed E-state index contributed by atoms with van der Waals surface area (Å²) in [6, 6.07) is 14.6. The maximum absolute atomic E-state index is 11.0. The van der Waals surface area contributed by atoms with Gasteiger partial charge < -0.3 is 5.11 Å². The summed E-state index contributed by atoms with van der Waals surface area (Å²) in [5.41, 5.74) is 0.905. The molecule has 0 saturated carbocycles. The molecule has 136 valence electrons. The molecule has 1 aliphatic rings. The monoisotopic (exact) mass is 416 g/mol. The lowest BCUT2D eigenvalue weighted by atomic mass is 9.84. The molecular formula is C20H21BrN2O3. The summed E-state index contributed by atoms with van der Waals surface area (Å²) in [6.07, 6.45) is 5.10. The Morgan fingerprint density at radius 1 is 1.15 bits per heavy atom. The van der Waals surface area contributed by atoms with Crippen LogP contribution in [0.4, 0.5) is 5.69 Å². The van der Waals surface area contributed by atoms with E-state index in [1.807, 2.05) is 30.3 Å². The van der Waals surface area contributed by atoms with Crippen LogP contribution in [-0.4, -0.2) is 34.6 Å². The van der Waals surface area contributed by atoms with Gasteiger partial charge in [-0.1, -0.05) is 52.3 Å². The second-order valence-electron chi connectivity index (χ2n) is 6.56. The maximum atomic E-state index is 11.0. The van der Waals surface area contributed by atoms with Crippen LogP contribution < -0.4 is 0 Å². The zero-order valence-corrected chi connectivity index (χ0v) is 15.9. The summed E-state index contributed by atoms with van der Waals surface area (Å²) in [6.45, 7) is 2.28. The van der Waals surface area contributed by atoms with Gasteiger partial charge >= 0.3 is 0 Å². The maximum Gasteiger partial charge on any atom is 0.276 e. The number of nitro groups is 1. The number of para-hydroxylation sites is 1. The number of hydrogen-bond donors (Lipinski definition) is 1. The first-order valence-electron chi connectivity index (χ1n) is 8.59. The van der Waals surface area contributed by atoms with Crippen LogP contribution in [0.15, 0.2) is 59.1 Å². The Morgan fingerprint density at radius 3 is 2.46 bits per heavy atom. The summed E-state index contributed by atoms with van der Waals surface area (Å²) < 4.78 is 1.00. The Morgan fingerprint density at radius 2 is 1.81 bits per heavy atom. The molecule has 26 heavy (non-hydrogen) atoms. The zero-order valence-electron chi connectivity index (χ0n) is 14.3. The van der Waals surface area contributed by atoms with Crippen LogP contribution in [0.2, 0.25) is 0 Å². The van der Waals surface area contributed by atoms with E-state index in [9.17, 15) is 15.2 Å². The van der Waals surface area contributed by atoms with Gasteiger partial charge in [-0.05, 0) is 36.6 Å². The smallest absolute Gasteiger partial charge is 0.276 e. The normalized spacial score (nSPS) is 17.5. The number of nitro benzene ring substituents is 1. The van der Waals surface area contributed by atoms with Gasteiger partial charge in [0, 0.05) is 30.2 Å². The fourth-order valence-electron chi connectivity index (χ4n) is 3.28. The molecule has 0 atom stereocenters. The molecule has 1 heterocycles. The van der Waals surface area contributed by atoms with Gasteiger partial charge in [-0.15, -0.1) is 0 Å². The van der Waals surface area contributed by atoms with E-state index >= 15 is 0 Å². The predicted octanol–water partition coefficient (Wildman–Crippen LogP) is 4.35. The molecule has 6 heteroatoms. The van der Waals surface area contributed by atoms with E-state index in [4.69, 9.17) is 0 Å². The number of benzene rings is 2. The molecule has 1 aliphatic heterocycles. The predicted molar refractivity (Wildman–Crippen MR) is 106 cm³/mol. The third kappa shape index (κ3) is 4.38. The molecule has 0 spiro atoms. The van der Waals surface area contributed by atoms with Crippen molar-refractivity contribution < 1.29 is 10.0 Å². The molecule has 5 nitrogen and oxygen atoms in total. The summed E-state index contributed by atoms with van der Waals surface area (Å²) in [5.74, 6) is 0. The Bertz CT molecular complexity index is 797. The molecule has 3 rings (SSSR count). The topological polar surface area (TPSA) is 66.6 Å². The largest absolute Gasteiger partial charge is 0.385 e. The van der Waals surface area contributed by atoms with Gasteiger partial charge in [0.05, 0.1) is 16.1 Å². The molecule has 0 radical (unpaired) electrons. The van der Waals surface area contributed by atoms with Crippen molar-refractivity contribution in [2.24, 2.45) is 0 Å². The second kappa shape index (κ2) is 8.12. The van der Waals surface area contributed by atoms with Crippen molar-refractivity contribution in [3.05, 3.63) is 80.3 Å². The quantitative estimate of drug-likeness (QED) is 0.580. The first-order valence-corrected chi connectivity index (χ1v) is 9.38. The number of hydrogen-bond acceptors (Lipinski definition) is 4. The second-order valence-corrected chi connectivity index (χ2v) is 7.47. The number of aliphatic hydroxyl groups is 1. The van der Waals surface area contributed by atoms with Crippen LogP contribution in [0.3, 0.4) is 0 Å². The van der Waals surface area contributed by atoms with E-state index in [0.29, 0.717) is 24.9 Å². The molecule has 1 N–H and O–H groups in total. The zero-order chi connectivity index (χ0) is 18.6. The van der Waals surface area contributed by atoms with Crippen molar-refractivity contribution in [1.29, 1.82) is 0 Å². The summed E-state index contributed by atoms with van der Waals surface area (Å²) in [5, 5.41) is 22.0. The lowest BCUT2D eigenvalue weighted by molar-refractivity contribution is -0.385. The van der Waals surface area contributed by atoms with Gasteiger partial charge in [-0.3, -0.25) is 15.0 Å². The minimum Gasteiger partial charge on any atom is -0.385 e. The first-order chi connectivity index (χ1) is 12.5. The third-order valence-electron chi connectivity index (χ3n) is 4.86. The van der Waals surface area contributed by atoms with E-state index < -0.39 is 5.60 Å². The molecular weight excluding hydrogens is 396 g/mol. The highest BCUT2D eigenvalue weighted by Crippen LogP contribution is 2.33. The summed E-state index contributed by atoms with van der Waals surface area (Å²) in [7, 11) is 0. The molecule has 0 unspecified atom stereocenters. The fourth-order valence-corrected chi connectivity index (χ4v) is 3.54. The van der Waals surface area contributed by atoms with Crippen LogP contribution in [-0.2, 0) is 5.60 Å². The van der Waals surface area contributed by atoms with Gasteiger partial charge in [0.15, 0.2) is 0 Å². The molecule has 2 aromatic rings. The molecule has 1 fully saturated rings. The van der Waals surface area contributed by atoms with Crippen molar-refractivity contribution in [2.75, 3.05) is 19.6 Å². The van der Waals surface area contributed by atoms with E-state index in [1.165, 1.54) is 6.07 Å². The van der Waals surface area contributed by atoms with Crippen molar-refractivity contribution in [2.45, 2.75) is 18.4 Å². The number of nitrogens with zero attached hydrogens (tertiary/aromatic N) is 2. The van der Waals surface area contributed by atoms with E-state index in [2.05, 4.69) is 20.8 Å². The van der Waals surface area contributed by atoms with Crippen molar-refractivity contribution in [3.63, 3.8) is 0 Å². The summed E-state index contributed by atoms with van der Waals surface area (Å²) in [4.78, 5) is 12.9. The highest BCUT2D eigenvalue weighted by atomic mass is 79.9. The molecule has 0 aliphatic carbocycles. The van der Waals surface area contributed by atoms with Gasteiger partial charge in [0.25, 0.3) is 5.69 Å². The van der Waals surface area contributed by atoms with Gasteiger partial charge in [0.2, 0.25) is 0 Å². The van der Waals surface area contributed by atoms with E-state index in [0.717, 1.165) is 23.1 Å². The lowest BCUT2D eigenvalue weighted by Crippen LogP contribution is -2.42. The number of piperidine rings is 1. The SMILES string of the molecule is O=[N+]([O-])c1ccccc1C=CCN1CCC(O)(c2ccc(Br)cc2)CC1. The Hall–Kier alpha value is -2.02. The number of halogens is 1. The standard InChI is InChI=1S/C20H21BrN2O3/c21-18-9-7-17(8-10-18)20(24)11-14-22(15-12-20)13-3-5-16-4-1-2-6-19(16)23(25)26/h1-10,24H,11-15H2. The minimum absolute atomic E-state index is 0.118. The van der Waals surface area contributed by atoms with E-state index in [-0.39, 0.29) is 10.6 Å². The lowest BCUT2D eigenvalue weighted by Gasteiger charge is -2.38. The molecule has 1 saturated heterocycles. The minimum atomic E-state index is -0.779. The Balaban J connectivity index is 1.58. The Labute approximate surface area is 161 Å². The number of likely N-dealkylation sites (tertiary alicyclic amines) is 1. The fraction of sp³-hybridized carbons (Fsp3) is 0.300. The number of rotatable bonds is 5. The van der Waals surface area contributed by atoms with Gasteiger partial charge in [0.1, 0.15) is 0 Å². The highest BCUT2D eigenvalue weighted by molar-refractivity contribution is 9.10. The van der Waals surface area contributed by atoms with Crippen molar-refractivity contribution in [1.82, 2.24) is 4.90 Å². The van der Waals surface area contributed by atoms with Crippen molar-refractivity contribution in [3.8, 4) is 0 Å². The van der Waals surface area contributed by atoms with Crippen LogP contribution in [0.25, 0.3) is 6.08 Å². The molecule has 0 bridgehead atoms. The van der Waals surface area contributed by atoms with Crippen LogP contribution in [0, 0.1) is 10.1 Å². The molecule has 0 amide bonds. The third-order valence-corrected chi connectivity index (χ3v) is 5.39. The van der Waals surface area contributed by atoms with Gasteiger partial charge in [-0.2, -0.15) is 0 Å². The van der Waals surface area contributed by atoms with Crippen LogP contribution >= 0.6 is 15.9 Å². The first kappa shape index (κ1) is 18.8. The average Bonchev–Trinajstić information content (AvgIpc) is 2.64. The van der Waals surface area contributed by atoms with Crippen LogP contribution in [0.1, 0.15) is 24.0 Å². The van der Waals surface area contributed by atoms with Crippen LogP contribution in [0.5, 0.6) is 0 Å².